The number of hydrogen-bond donors (Lipinski definition) is 2. The summed E-state index contributed by atoms with van der Waals surface area (Å²) in [6.45, 7) is 11.5. The summed E-state index contributed by atoms with van der Waals surface area (Å²) < 4.78 is 22.9. The predicted octanol–water partition coefficient (Wildman–Crippen LogP) is 9.02. The van der Waals surface area contributed by atoms with Crippen LogP contribution in [0.3, 0.4) is 0 Å². The maximum Gasteiger partial charge on any atom is 0.311 e. The van der Waals surface area contributed by atoms with Crippen LogP contribution in [0.1, 0.15) is 49.9 Å². The molecule has 2 unspecified atom stereocenters. The molecule has 1 aliphatic carbocycles. The number of esters is 1. The molecule has 1 aliphatic rings. The number of benzene rings is 6. The summed E-state index contributed by atoms with van der Waals surface area (Å²) in [6.07, 6.45) is -1.76. The third kappa shape index (κ3) is 7.61. The van der Waals surface area contributed by atoms with E-state index in [-0.39, 0.29) is 32.4 Å². The van der Waals surface area contributed by atoms with E-state index in [4.69, 9.17) is 18.9 Å². The van der Waals surface area contributed by atoms with Crippen molar-refractivity contribution in [2.24, 2.45) is 5.41 Å². The molecule has 7 heteroatoms. The van der Waals surface area contributed by atoms with E-state index in [2.05, 4.69) is 104 Å². The Morgan fingerprint density at radius 2 is 1.09 bits per heavy atom. The number of carbonyl (C=O) groups is 1. The Balaban J connectivity index is 1.30. The van der Waals surface area contributed by atoms with Crippen molar-refractivity contribution < 1.29 is 34.0 Å². The summed E-state index contributed by atoms with van der Waals surface area (Å²) in [5.41, 5.74) is 6.33. The van der Waals surface area contributed by atoms with Gasteiger partial charge in [0.1, 0.15) is 43.5 Å². The fraction of sp³-hybridized carbons (Fsp3) is 0.271. The second kappa shape index (κ2) is 15.7. The van der Waals surface area contributed by atoms with Crippen LogP contribution in [0.25, 0.3) is 32.7 Å². The van der Waals surface area contributed by atoms with Crippen LogP contribution in [0, 0.1) is 5.41 Å². The lowest BCUT2D eigenvalue weighted by atomic mass is 9.66. The van der Waals surface area contributed by atoms with Gasteiger partial charge in [0.15, 0.2) is 0 Å². The highest BCUT2D eigenvalue weighted by Crippen LogP contribution is 2.60. The van der Waals surface area contributed by atoms with Crippen molar-refractivity contribution in [1.29, 1.82) is 0 Å². The molecule has 55 heavy (non-hydrogen) atoms. The van der Waals surface area contributed by atoms with Gasteiger partial charge in [0.2, 0.25) is 0 Å². The molecule has 0 aromatic heterocycles. The van der Waals surface area contributed by atoms with Crippen molar-refractivity contribution in [3.05, 3.63) is 156 Å². The minimum atomic E-state index is -0.977. The molecule has 6 aromatic rings. The molecule has 0 fully saturated rings. The van der Waals surface area contributed by atoms with Crippen LogP contribution >= 0.6 is 0 Å². The Morgan fingerprint density at radius 1 is 0.636 bits per heavy atom. The monoisotopic (exact) mass is 736 g/mol. The van der Waals surface area contributed by atoms with Crippen molar-refractivity contribution in [2.75, 3.05) is 33.0 Å². The maximum absolute atomic E-state index is 12.2. The quantitative estimate of drug-likeness (QED) is 0.0851. The van der Waals surface area contributed by atoms with Crippen molar-refractivity contribution in [1.82, 2.24) is 0 Å². The van der Waals surface area contributed by atoms with E-state index in [1.807, 2.05) is 31.2 Å². The SMILES string of the molecule is C=C(C)COCC(O)COc1ccc(C2(c3ccc(OCC(O)COC(=O)C(C)(C)C)cc3)c3c(ccc4ccccc34)-c3ccc4ccccc4c32)cc1. The van der Waals surface area contributed by atoms with Crippen LogP contribution in [0.4, 0.5) is 0 Å². The van der Waals surface area contributed by atoms with Gasteiger partial charge >= 0.3 is 5.97 Å². The lowest BCUT2D eigenvalue weighted by Crippen LogP contribution is -2.30. The fourth-order valence-electron chi connectivity index (χ4n) is 7.51. The number of fused-ring (bicyclic) bond motifs is 7. The van der Waals surface area contributed by atoms with E-state index in [1.165, 1.54) is 22.3 Å². The largest absolute Gasteiger partial charge is 0.491 e. The Kier molecular flexibility index (Phi) is 10.8. The van der Waals surface area contributed by atoms with Gasteiger partial charge in [-0.3, -0.25) is 4.79 Å². The van der Waals surface area contributed by atoms with Gasteiger partial charge in [-0.05, 0) is 107 Å². The molecule has 0 amide bonds. The number of carbonyl (C=O) groups excluding carboxylic acids is 1. The molecule has 0 spiro atoms. The Hall–Kier alpha value is -5.47. The predicted molar refractivity (Wildman–Crippen MR) is 218 cm³/mol. The Labute approximate surface area is 322 Å². The van der Waals surface area contributed by atoms with Crippen molar-refractivity contribution in [3.8, 4) is 22.6 Å². The fourth-order valence-corrected chi connectivity index (χ4v) is 7.51. The van der Waals surface area contributed by atoms with Gasteiger partial charge in [0, 0.05) is 0 Å². The third-order valence-corrected chi connectivity index (χ3v) is 10.0. The van der Waals surface area contributed by atoms with E-state index in [0.717, 1.165) is 38.2 Å². The second-order valence-corrected chi connectivity index (χ2v) is 15.5. The number of aliphatic hydroxyl groups excluding tert-OH is 2. The lowest BCUT2D eigenvalue weighted by molar-refractivity contribution is -0.156. The smallest absolute Gasteiger partial charge is 0.311 e. The number of hydrogen-bond acceptors (Lipinski definition) is 7. The van der Waals surface area contributed by atoms with Crippen molar-refractivity contribution in [3.63, 3.8) is 0 Å². The van der Waals surface area contributed by atoms with Crippen LogP contribution in [0.15, 0.2) is 133 Å². The standard InChI is InChI=1S/C48H48O7/c1-31(2)26-52-27-36(49)28-53-38-20-16-34(17-21-38)48(35-18-22-39(23-19-35)54-29-37(50)30-55-46(51)47(3,4)5)44-40-12-8-6-10-32(40)14-24-42(44)43-25-15-33-11-7-9-13-41(33)45(43)48/h6-25,36-37,49-50H,1,26-30H2,2-5H3. The molecule has 2 N–H and O–H groups in total. The second-order valence-electron chi connectivity index (χ2n) is 15.5. The van der Waals surface area contributed by atoms with Gasteiger partial charge in [0.05, 0.1) is 24.0 Å². The Morgan fingerprint density at radius 3 is 1.55 bits per heavy atom. The third-order valence-electron chi connectivity index (χ3n) is 10.0. The lowest BCUT2D eigenvalue weighted by Gasteiger charge is -2.35. The van der Waals surface area contributed by atoms with Crippen molar-refractivity contribution in [2.45, 2.75) is 45.3 Å². The maximum atomic E-state index is 12.2. The molecule has 0 saturated heterocycles. The molecule has 7 rings (SSSR count). The highest BCUT2D eigenvalue weighted by atomic mass is 16.6. The molecule has 6 aromatic carbocycles. The summed E-state index contributed by atoms with van der Waals surface area (Å²) in [5, 5.41) is 25.7. The Bertz CT molecular complexity index is 2230. The van der Waals surface area contributed by atoms with Crippen LogP contribution < -0.4 is 9.47 Å². The molecule has 0 aliphatic heterocycles. The first-order valence-corrected chi connectivity index (χ1v) is 18.7. The zero-order chi connectivity index (χ0) is 38.7. The molecule has 282 valence electrons. The number of aliphatic hydroxyl groups is 2. The summed E-state index contributed by atoms with van der Waals surface area (Å²) >= 11 is 0. The topological polar surface area (TPSA) is 94.5 Å². The molecular weight excluding hydrogens is 689 g/mol. The molecular formula is C48H48O7. The first-order valence-electron chi connectivity index (χ1n) is 18.7. The van der Waals surface area contributed by atoms with Gasteiger partial charge in [0.25, 0.3) is 0 Å². The summed E-state index contributed by atoms with van der Waals surface area (Å²) in [7, 11) is 0. The molecule has 0 radical (unpaired) electrons. The normalized spacial score (nSPS) is 14.2. The van der Waals surface area contributed by atoms with Crippen LogP contribution in [-0.2, 0) is 19.7 Å². The van der Waals surface area contributed by atoms with Gasteiger partial charge in [-0.1, -0.05) is 109 Å². The van der Waals surface area contributed by atoms with Gasteiger partial charge < -0.3 is 29.2 Å². The van der Waals surface area contributed by atoms with E-state index in [9.17, 15) is 15.0 Å². The van der Waals surface area contributed by atoms with E-state index >= 15 is 0 Å². The van der Waals surface area contributed by atoms with Crippen LogP contribution in [-0.4, -0.2) is 61.4 Å². The average molecular weight is 737 g/mol. The van der Waals surface area contributed by atoms with Crippen molar-refractivity contribution >= 4 is 27.5 Å². The van der Waals surface area contributed by atoms with Gasteiger partial charge in [-0.2, -0.15) is 0 Å². The first kappa shape index (κ1) is 37.8. The molecule has 0 bridgehead atoms. The number of ether oxygens (including phenoxy) is 4. The van der Waals surface area contributed by atoms with Gasteiger partial charge in [-0.25, -0.2) is 0 Å². The minimum absolute atomic E-state index is 0.0287. The highest BCUT2D eigenvalue weighted by molar-refractivity contribution is 6.06. The molecule has 7 nitrogen and oxygen atoms in total. The van der Waals surface area contributed by atoms with E-state index in [1.54, 1.807) is 20.8 Å². The zero-order valence-corrected chi connectivity index (χ0v) is 31.9. The van der Waals surface area contributed by atoms with E-state index in [0.29, 0.717) is 18.1 Å². The summed E-state index contributed by atoms with van der Waals surface area (Å²) in [4.78, 5) is 12.2. The summed E-state index contributed by atoms with van der Waals surface area (Å²) in [6, 6.07) is 42.2. The first-order chi connectivity index (χ1) is 26.5. The van der Waals surface area contributed by atoms with Gasteiger partial charge in [-0.15, -0.1) is 0 Å². The minimum Gasteiger partial charge on any atom is -0.491 e. The molecule has 0 heterocycles. The molecule has 2 atom stereocenters. The molecule has 0 saturated carbocycles. The number of rotatable bonds is 14. The van der Waals surface area contributed by atoms with Crippen LogP contribution in [0.5, 0.6) is 11.5 Å². The average Bonchev–Trinajstić information content (AvgIpc) is 3.50. The summed E-state index contributed by atoms with van der Waals surface area (Å²) in [5.74, 6) is 0.853. The van der Waals surface area contributed by atoms with E-state index < -0.39 is 23.0 Å². The highest BCUT2D eigenvalue weighted by Gasteiger charge is 2.48. The zero-order valence-electron chi connectivity index (χ0n) is 31.9. The van der Waals surface area contributed by atoms with Crippen LogP contribution in [0.2, 0.25) is 0 Å².